The molecule has 2 rings (SSSR count). The number of ether oxygens (including phenoxy) is 3. The molecule has 0 radical (unpaired) electrons. The molecular weight excluding hydrogens is 458 g/mol. The molecule has 0 atom stereocenters. The fraction of sp³-hybridized carbons (Fsp3) is 0.200. The summed E-state index contributed by atoms with van der Waals surface area (Å²) in [7, 11) is 2.71. The minimum Gasteiger partial charge on any atom is -0.493 e. The Balaban J connectivity index is 1.93. The van der Waals surface area contributed by atoms with E-state index in [-0.39, 0.29) is 13.0 Å². The summed E-state index contributed by atoms with van der Waals surface area (Å²) in [6.45, 7) is -0.278. The van der Waals surface area contributed by atoms with Crippen molar-refractivity contribution in [2.75, 3.05) is 26.1 Å². The van der Waals surface area contributed by atoms with E-state index in [1.165, 1.54) is 20.4 Å². The fourth-order valence-electron chi connectivity index (χ4n) is 2.24. The van der Waals surface area contributed by atoms with E-state index in [1.54, 1.807) is 36.4 Å². The summed E-state index contributed by atoms with van der Waals surface area (Å²) in [5.74, 6) is -0.882. The lowest BCUT2D eigenvalue weighted by atomic mass is 10.2. The van der Waals surface area contributed by atoms with Crippen LogP contribution in [0.5, 0.6) is 11.5 Å². The first kappa shape index (κ1) is 22.9. The number of hydrogen-bond donors (Lipinski definition) is 2. The molecule has 0 spiro atoms. The highest BCUT2D eigenvalue weighted by molar-refractivity contribution is 9.10. The predicted molar refractivity (Wildman–Crippen MR) is 114 cm³/mol. The van der Waals surface area contributed by atoms with Crippen molar-refractivity contribution in [3.63, 3.8) is 0 Å². The van der Waals surface area contributed by atoms with E-state index in [2.05, 4.69) is 36.5 Å². The molecule has 30 heavy (non-hydrogen) atoms. The maximum atomic E-state index is 11.9. The number of carbonyl (C=O) groups is 3. The van der Waals surface area contributed by atoms with E-state index < -0.39 is 17.8 Å². The van der Waals surface area contributed by atoms with Gasteiger partial charge in [0.15, 0.2) is 18.1 Å². The van der Waals surface area contributed by atoms with E-state index in [9.17, 15) is 14.4 Å². The van der Waals surface area contributed by atoms with Gasteiger partial charge in [0.1, 0.15) is 6.42 Å². The maximum Gasteiger partial charge on any atom is 0.343 e. The number of benzene rings is 2. The molecule has 2 aromatic rings. The van der Waals surface area contributed by atoms with Crippen molar-refractivity contribution >= 4 is 45.6 Å². The first-order valence-corrected chi connectivity index (χ1v) is 9.46. The minimum absolute atomic E-state index is 0.278. The third-order valence-corrected chi connectivity index (χ3v) is 4.18. The number of esters is 1. The highest BCUT2D eigenvalue weighted by atomic mass is 79.9. The average Bonchev–Trinajstić information content (AvgIpc) is 2.72. The Morgan fingerprint density at radius 2 is 1.83 bits per heavy atom. The molecule has 9 nitrogen and oxygen atoms in total. The summed E-state index contributed by atoms with van der Waals surface area (Å²) in [6.07, 6.45) is 1.00. The second-order valence-corrected chi connectivity index (χ2v) is 6.64. The minimum atomic E-state index is -0.566. The van der Waals surface area contributed by atoms with Crippen LogP contribution in [0.1, 0.15) is 12.0 Å². The highest BCUT2D eigenvalue weighted by Crippen LogP contribution is 2.36. The van der Waals surface area contributed by atoms with E-state index >= 15 is 0 Å². The quantitative estimate of drug-likeness (QED) is 0.248. The number of nitrogens with zero attached hydrogens (tertiary/aromatic N) is 1. The standard InChI is InChI=1S/C20H20BrN3O6/c1-28-16-9-13(8-15(21)20(16)30-12-19(27)29-2)11-22-24-18(26)10-17(25)23-14-6-4-3-5-7-14/h3-9,11H,10,12H2,1-2H3,(H,23,25)(H,24,26). The number of halogens is 1. The van der Waals surface area contributed by atoms with Crippen LogP contribution in [0.15, 0.2) is 52.0 Å². The second-order valence-electron chi connectivity index (χ2n) is 5.78. The first-order chi connectivity index (χ1) is 14.4. The van der Waals surface area contributed by atoms with Gasteiger partial charge in [-0.3, -0.25) is 9.59 Å². The zero-order valence-electron chi connectivity index (χ0n) is 16.3. The number of carbonyl (C=O) groups excluding carboxylic acids is 3. The number of nitrogens with one attached hydrogen (secondary N) is 2. The Morgan fingerprint density at radius 1 is 1.10 bits per heavy atom. The lowest BCUT2D eigenvalue weighted by Gasteiger charge is -2.12. The molecule has 0 aliphatic heterocycles. The van der Waals surface area contributed by atoms with Crippen LogP contribution in [-0.4, -0.2) is 44.8 Å². The number of methoxy groups -OCH3 is 2. The molecule has 0 unspecified atom stereocenters. The number of hydrogen-bond acceptors (Lipinski definition) is 7. The molecule has 158 valence electrons. The SMILES string of the molecule is COC(=O)COc1c(Br)cc(C=NNC(=O)CC(=O)Nc2ccccc2)cc1OC. The molecule has 0 aromatic heterocycles. The summed E-state index contributed by atoms with van der Waals surface area (Å²) in [5, 5.41) is 6.45. The molecule has 0 saturated heterocycles. The van der Waals surface area contributed by atoms with Gasteiger partial charge >= 0.3 is 5.97 Å². The van der Waals surface area contributed by atoms with Crippen molar-refractivity contribution in [2.24, 2.45) is 5.10 Å². The van der Waals surface area contributed by atoms with Gasteiger partial charge in [-0.15, -0.1) is 0 Å². The number of para-hydroxylation sites is 1. The van der Waals surface area contributed by atoms with Gasteiger partial charge in [0.2, 0.25) is 11.8 Å². The van der Waals surface area contributed by atoms with Crippen molar-refractivity contribution in [2.45, 2.75) is 6.42 Å². The smallest absolute Gasteiger partial charge is 0.343 e. The van der Waals surface area contributed by atoms with Crippen molar-refractivity contribution < 1.29 is 28.6 Å². The van der Waals surface area contributed by atoms with E-state index in [1.807, 2.05) is 6.07 Å². The summed E-state index contributed by atoms with van der Waals surface area (Å²) in [5.41, 5.74) is 3.47. The van der Waals surface area contributed by atoms with Crippen LogP contribution >= 0.6 is 15.9 Å². The van der Waals surface area contributed by atoms with Crippen LogP contribution < -0.4 is 20.2 Å². The Kier molecular flexibility index (Phi) is 8.82. The molecule has 0 aliphatic carbocycles. The van der Waals surface area contributed by atoms with Crippen molar-refractivity contribution in [1.29, 1.82) is 0 Å². The van der Waals surface area contributed by atoms with Gasteiger partial charge in [-0.2, -0.15) is 5.10 Å². The number of amides is 2. The fourth-order valence-corrected chi connectivity index (χ4v) is 2.81. The second kappa shape index (κ2) is 11.6. The summed E-state index contributed by atoms with van der Waals surface area (Å²) >= 11 is 3.34. The molecule has 0 heterocycles. The molecule has 2 aromatic carbocycles. The molecule has 0 bridgehead atoms. The van der Waals surface area contributed by atoms with Crippen molar-refractivity contribution in [3.8, 4) is 11.5 Å². The third-order valence-electron chi connectivity index (χ3n) is 3.60. The van der Waals surface area contributed by atoms with E-state index in [4.69, 9.17) is 9.47 Å². The van der Waals surface area contributed by atoms with Crippen LogP contribution in [0.25, 0.3) is 0 Å². The molecule has 10 heteroatoms. The van der Waals surface area contributed by atoms with Gasteiger partial charge < -0.3 is 19.5 Å². The van der Waals surface area contributed by atoms with Crippen LogP contribution in [0.4, 0.5) is 5.69 Å². The van der Waals surface area contributed by atoms with E-state index in [0.717, 1.165) is 0 Å². The van der Waals surface area contributed by atoms with Gasteiger partial charge in [0.25, 0.3) is 0 Å². The molecule has 2 N–H and O–H groups in total. The van der Waals surface area contributed by atoms with Gasteiger partial charge in [-0.05, 0) is 45.8 Å². The number of hydrazone groups is 1. The lowest BCUT2D eigenvalue weighted by molar-refractivity contribution is -0.143. The summed E-state index contributed by atoms with van der Waals surface area (Å²) in [6, 6.07) is 12.1. The maximum absolute atomic E-state index is 11.9. The zero-order chi connectivity index (χ0) is 21.9. The molecule has 0 saturated carbocycles. The first-order valence-electron chi connectivity index (χ1n) is 8.67. The Morgan fingerprint density at radius 3 is 2.50 bits per heavy atom. The number of anilines is 1. The Hall–Kier alpha value is -3.40. The van der Waals surface area contributed by atoms with Crippen LogP contribution in [0.2, 0.25) is 0 Å². The molecular formula is C20H20BrN3O6. The van der Waals surface area contributed by atoms with Crippen LogP contribution in [-0.2, 0) is 19.1 Å². The van der Waals surface area contributed by atoms with Gasteiger partial charge in [-0.1, -0.05) is 18.2 Å². The summed E-state index contributed by atoms with van der Waals surface area (Å²) < 4.78 is 15.7. The van der Waals surface area contributed by atoms with Crippen LogP contribution in [0.3, 0.4) is 0 Å². The van der Waals surface area contributed by atoms with Crippen molar-refractivity contribution in [1.82, 2.24) is 5.43 Å². The van der Waals surface area contributed by atoms with Gasteiger partial charge in [0, 0.05) is 5.69 Å². The van der Waals surface area contributed by atoms with Crippen LogP contribution in [0, 0.1) is 0 Å². The zero-order valence-corrected chi connectivity index (χ0v) is 17.9. The predicted octanol–water partition coefficient (Wildman–Crippen LogP) is 2.49. The Bertz CT molecular complexity index is 934. The average molecular weight is 478 g/mol. The highest BCUT2D eigenvalue weighted by Gasteiger charge is 2.13. The monoisotopic (exact) mass is 477 g/mol. The lowest BCUT2D eigenvalue weighted by Crippen LogP contribution is -2.24. The number of rotatable bonds is 9. The normalized spacial score (nSPS) is 10.4. The topological polar surface area (TPSA) is 115 Å². The third kappa shape index (κ3) is 7.21. The molecule has 0 aliphatic rings. The van der Waals surface area contributed by atoms with Gasteiger partial charge in [-0.25, -0.2) is 10.2 Å². The largest absolute Gasteiger partial charge is 0.493 e. The Labute approximate surface area is 181 Å². The molecule has 2 amide bonds. The summed E-state index contributed by atoms with van der Waals surface area (Å²) in [4.78, 5) is 35.0. The van der Waals surface area contributed by atoms with Gasteiger partial charge in [0.05, 0.1) is 24.9 Å². The van der Waals surface area contributed by atoms with E-state index in [0.29, 0.717) is 27.2 Å². The van der Waals surface area contributed by atoms with Crippen molar-refractivity contribution in [3.05, 3.63) is 52.5 Å². The molecule has 0 fully saturated rings.